The van der Waals surface area contributed by atoms with Crippen molar-refractivity contribution < 1.29 is 28.6 Å². The maximum Gasteiger partial charge on any atom is 0.306 e. The van der Waals surface area contributed by atoms with Gasteiger partial charge in [-0.3, -0.25) is 14.4 Å². The lowest BCUT2D eigenvalue weighted by Crippen LogP contribution is -2.24. The van der Waals surface area contributed by atoms with Crippen LogP contribution >= 0.6 is 0 Å². The van der Waals surface area contributed by atoms with Crippen molar-refractivity contribution in [3.63, 3.8) is 0 Å². The quantitative estimate of drug-likeness (QED) is 0.261. The Labute approximate surface area is 211 Å². The zero-order chi connectivity index (χ0) is 26.1. The van der Waals surface area contributed by atoms with Gasteiger partial charge in [0.05, 0.1) is 7.11 Å². The zero-order valence-corrected chi connectivity index (χ0v) is 21.0. The largest absolute Gasteiger partial charge is 0.497 e. The molecule has 0 heterocycles. The number of nitrogens with one attached hydrogen (secondary N) is 1. The molecule has 7 nitrogen and oxygen atoms in total. The molecule has 188 valence electrons. The van der Waals surface area contributed by atoms with Gasteiger partial charge in [-0.2, -0.15) is 0 Å². The van der Waals surface area contributed by atoms with E-state index >= 15 is 0 Å². The van der Waals surface area contributed by atoms with Crippen LogP contribution in [0.5, 0.6) is 17.2 Å². The van der Waals surface area contributed by atoms with Crippen LogP contribution in [0.4, 0.5) is 5.69 Å². The first-order chi connectivity index (χ1) is 17.2. The number of carbonyl (C=O) groups excluding carboxylic acids is 3. The molecule has 3 aromatic rings. The number of Topliss-reactive ketones (excluding diaryl/α,β-unsaturated/α-hetero) is 1. The van der Waals surface area contributed by atoms with Crippen molar-refractivity contribution >= 4 is 23.3 Å². The molecule has 1 atom stereocenters. The average Bonchev–Trinajstić information content (AvgIpc) is 2.87. The average molecular weight is 490 g/mol. The summed E-state index contributed by atoms with van der Waals surface area (Å²) in [7, 11) is 1.54. The van der Waals surface area contributed by atoms with Gasteiger partial charge < -0.3 is 19.5 Å². The number of hydrogen-bond donors (Lipinski definition) is 1. The van der Waals surface area contributed by atoms with Crippen LogP contribution in [0.15, 0.2) is 66.7 Å². The number of carbonyl (C=O) groups is 3. The van der Waals surface area contributed by atoms with Crippen LogP contribution in [0, 0.1) is 13.8 Å². The Morgan fingerprint density at radius 2 is 1.53 bits per heavy atom. The predicted molar refractivity (Wildman–Crippen MR) is 138 cm³/mol. The number of methoxy groups -OCH3 is 1. The molecule has 0 aliphatic heterocycles. The van der Waals surface area contributed by atoms with E-state index in [1.165, 1.54) is 6.92 Å². The minimum Gasteiger partial charge on any atom is -0.497 e. The van der Waals surface area contributed by atoms with Gasteiger partial charge in [0.1, 0.15) is 17.2 Å². The molecule has 1 unspecified atom stereocenters. The fraction of sp³-hybridized carbons (Fsp3) is 0.276. The molecule has 0 saturated carbocycles. The minimum atomic E-state index is -0.913. The van der Waals surface area contributed by atoms with Crippen molar-refractivity contribution in [3.05, 3.63) is 83.4 Å². The van der Waals surface area contributed by atoms with Gasteiger partial charge in [0.15, 0.2) is 6.10 Å². The Hall–Kier alpha value is -4.13. The van der Waals surface area contributed by atoms with Crippen molar-refractivity contribution in [2.75, 3.05) is 12.4 Å². The summed E-state index contributed by atoms with van der Waals surface area (Å²) in [6.07, 6.45) is -0.418. The van der Waals surface area contributed by atoms with E-state index in [0.717, 1.165) is 16.9 Å². The van der Waals surface area contributed by atoms with Gasteiger partial charge in [-0.25, -0.2) is 0 Å². The number of hydrogen-bond acceptors (Lipinski definition) is 6. The van der Waals surface area contributed by atoms with Gasteiger partial charge in [0, 0.05) is 24.1 Å². The number of ketones is 1. The SMILES string of the molecule is COc1ccc(C(=O)C(C)OC(=O)CCCC(=O)Nc2ccc(Oc3cc(C)ccc3C)cc2)cc1. The molecule has 1 amide bonds. The molecule has 0 saturated heterocycles. The van der Waals surface area contributed by atoms with E-state index in [4.69, 9.17) is 14.2 Å². The summed E-state index contributed by atoms with van der Waals surface area (Å²) in [5.74, 6) is 1.06. The van der Waals surface area contributed by atoms with E-state index in [1.807, 2.05) is 32.0 Å². The molecule has 0 aliphatic rings. The third-order valence-corrected chi connectivity index (χ3v) is 5.55. The second kappa shape index (κ2) is 12.5. The Balaban J connectivity index is 1.40. The third kappa shape index (κ3) is 7.70. The van der Waals surface area contributed by atoms with E-state index in [9.17, 15) is 14.4 Å². The molecule has 3 aromatic carbocycles. The Morgan fingerprint density at radius 3 is 2.19 bits per heavy atom. The van der Waals surface area contributed by atoms with Gasteiger partial charge in [-0.15, -0.1) is 0 Å². The first-order valence-electron chi connectivity index (χ1n) is 11.8. The summed E-state index contributed by atoms with van der Waals surface area (Å²) in [5, 5.41) is 2.81. The monoisotopic (exact) mass is 489 g/mol. The van der Waals surface area contributed by atoms with Gasteiger partial charge in [0.2, 0.25) is 11.7 Å². The predicted octanol–water partition coefficient (Wildman–Crippen LogP) is 6.03. The van der Waals surface area contributed by atoms with Crippen molar-refractivity contribution in [2.45, 2.75) is 46.1 Å². The fourth-order valence-corrected chi connectivity index (χ4v) is 3.47. The highest BCUT2D eigenvalue weighted by Gasteiger charge is 2.19. The highest BCUT2D eigenvalue weighted by Crippen LogP contribution is 2.27. The highest BCUT2D eigenvalue weighted by molar-refractivity contribution is 6.00. The maximum atomic E-state index is 12.4. The van der Waals surface area contributed by atoms with E-state index in [0.29, 0.717) is 29.2 Å². The first kappa shape index (κ1) is 26.5. The van der Waals surface area contributed by atoms with Crippen molar-refractivity contribution in [3.8, 4) is 17.2 Å². The van der Waals surface area contributed by atoms with Crippen LogP contribution < -0.4 is 14.8 Å². The van der Waals surface area contributed by atoms with Crippen molar-refractivity contribution in [1.29, 1.82) is 0 Å². The summed E-state index contributed by atoms with van der Waals surface area (Å²) in [5.41, 5.74) is 3.22. The van der Waals surface area contributed by atoms with Gasteiger partial charge >= 0.3 is 5.97 Å². The molecular weight excluding hydrogens is 458 g/mol. The minimum absolute atomic E-state index is 0.0380. The van der Waals surface area contributed by atoms with E-state index in [-0.39, 0.29) is 24.5 Å². The molecule has 0 fully saturated rings. The molecule has 0 radical (unpaired) electrons. The van der Waals surface area contributed by atoms with E-state index < -0.39 is 12.1 Å². The first-order valence-corrected chi connectivity index (χ1v) is 11.8. The number of rotatable bonds is 11. The molecule has 36 heavy (non-hydrogen) atoms. The summed E-state index contributed by atoms with van der Waals surface area (Å²) in [6, 6.07) is 19.7. The lowest BCUT2D eigenvalue weighted by atomic mass is 10.1. The number of aryl methyl sites for hydroxylation is 2. The maximum absolute atomic E-state index is 12.4. The summed E-state index contributed by atoms with van der Waals surface area (Å²) in [4.78, 5) is 36.8. The number of ether oxygens (including phenoxy) is 3. The van der Waals surface area contributed by atoms with Crippen LogP contribution in [-0.4, -0.2) is 30.9 Å². The number of amides is 1. The number of benzene rings is 3. The van der Waals surface area contributed by atoms with Crippen molar-refractivity contribution in [2.24, 2.45) is 0 Å². The van der Waals surface area contributed by atoms with Crippen LogP contribution in [-0.2, 0) is 14.3 Å². The highest BCUT2D eigenvalue weighted by atomic mass is 16.5. The van der Waals surface area contributed by atoms with E-state index in [2.05, 4.69) is 5.32 Å². The summed E-state index contributed by atoms with van der Waals surface area (Å²) >= 11 is 0. The van der Waals surface area contributed by atoms with Gasteiger partial charge in [0.25, 0.3) is 0 Å². The molecular formula is C29H31NO6. The van der Waals surface area contributed by atoms with E-state index in [1.54, 1.807) is 55.6 Å². The standard InChI is InChI=1S/C29H31NO6/c1-19-8-9-20(2)26(18-19)36-25-16-12-23(13-17-25)30-27(31)6-5-7-28(32)35-21(3)29(33)22-10-14-24(34-4)15-11-22/h8-18,21H,5-7H2,1-4H3,(H,30,31). The second-order valence-corrected chi connectivity index (χ2v) is 8.52. The van der Waals surface area contributed by atoms with Crippen LogP contribution in [0.3, 0.4) is 0 Å². The topological polar surface area (TPSA) is 90.9 Å². The Kier molecular flexibility index (Phi) is 9.22. The normalized spacial score (nSPS) is 11.3. The van der Waals surface area contributed by atoms with Crippen LogP contribution in [0.25, 0.3) is 0 Å². The number of esters is 1. The third-order valence-electron chi connectivity index (χ3n) is 5.55. The molecule has 1 N–H and O–H groups in total. The Bertz CT molecular complexity index is 1200. The zero-order valence-electron chi connectivity index (χ0n) is 21.0. The van der Waals surface area contributed by atoms with Crippen LogP contribution in [0.1, 0.15) is 47.7 Å². The summed E-state index contributed by atoms with van der Waals surface area (Å²) in [6.45, 7) is 5.52. The lowest BCUT2D eigenvalue weighted by Gasteiger charge is -2.13. The molecule has 7 heteroatoms. The molecule has 0 spiro atoms. The molecule has 0 aromatic heterocycles. The summed E-state index contributed by atoms with van der Waals surface area (Å²) < 4.78 is 16.2. The molecule has 3 rings (SSSR count). The number of anilines is 1. The molecule has 0 aliphatic carbocycles. The fourth-order valence-electron chi connectivity index (χ4n) is 3.47. The van der Waals surface area contributed by atoms with Gasteiger partial charge in [-0.05, 0) is 92.9 Å². The second-order valence-electron chi connectivity index (χ2n) is 8.52. The van der Waals surface area contributed by atoms with Crippen molar-refractivity contribution in [1.82, 2.24) is 0 Å². The molecule has 0 bridgehead atoms. The van der Waals surface area contributed by atoms with Gasteiger partial charge in [-0.1, -0.05) is 12.1 Å². The van der Waals surface area contributed by atoms with Crippen LogP contribution in [0.2, 0.25) is 0 Å². The Morgan fingerprint density at radius 1 is 0.861 bits per heavy atom. The lowest BCUT2D eigenvalue weighted by molar-refractivity contribution is -0.146. The smallest absolute Gasteiger partial charge is 0.306 e.